The normalized spacial score (nSPS) is 22.7. The molecule has 1 spiro atoms. The average molecular weight is 436 g/mol. The quantitative estimate of drug-likeness (QED) is 0.671. The number of anilines is 1. The van der Waals surface area contributed by atoms with E-state index in [-0.39, 0.29) is 18.4 Å². The van der Waals surface area contributed by atoms with Gasteiger partial charge in [-0.3, -0.25) is 14.5 Å². The number of amides is 4. The Morgan fingerprint density at radius 2 is 1.97 bits per heavy atom. The number of urea groups is 1. The van der Waals surface area contributed by atoms with Crippen molar-refractivity contribution >= 4 is 23.5 Å². The predicted molar refractivity (Wildman–Crippen MR) is 121 cm³/mol. The number of ether oxygens (including phenoxy) is 1. The summed E-state index contributed by atoms with van der Waals surface area (Å²) >= 11 is 0. The van der Waals surface area contributed by atoms with Gasteiger partial charge in [-0.05, 0) is 48.9 Å². The van der Waals surface area contributed by atoms with E-state index in [1.165, 1.54) is 0 Å². The summed E-state index contributed by atoms with van der Waals surface area (Å²) in [6, 6.07) is 14.7. The van der Waals surface area contributed by atoms with E-state index in [0.29, 0.717) is 24.5 Å². The molecule has 2 aromatic carbocycles. The summed E-state index contributed by atoms with van der Waals surface area (Å²) in [4.78, 5) is 39.5. The van der Waals surface area contributed by atoms with Gasteiger partial charge in [0.15, 0.2) is 0 Å². The summed E-state index contributed by atoms with van der Waals surface area (Å²) in [5.74, 6) is -0.149. The SMILES string of the molecule is Cc1ccc(NC(=O)CN2C(=O)NC3(CCCCC3C)C2=O)c(OCc2ccccc2)c1. The second-order valence-corrected chi connectivity index (χ2v) is 8.76. The Hall–Kier alpha value is -3.35. The summed E-state index contributed by atoms with van der Waals surface area (Å²) in [5.41, 5.74) is 1.64. The molecule has 2 fully saturated rings. The van der Waals surface area contributed by atoms with E-state index in [1.54, 1.807) is 6.07 Å². The van der Waals surface area contributed by atoms with Crippen molar-refractivity contribution < 1.29 is 19.1 Å². The summed E-state index contributed by atoms with van der Waals surface area (Å²) < 4.78 is 5.95. The Morgan fingerprint density at radius 1 is 1.19 bits per heavy atom. The van der Waals surface area contributed by atoms with Crippen molar-refractivity contribution in [1.82, 2.24) is 10.2 Å². The second kappa shape index (κ2) is 9.02. The van der Waals surface area contributed by atoms with Crippen LogP contribution in [0.2, 0.25) is 0 Å². The van der Waals surface area contributed by atoms with Crippen molar-refractivity contribution in [3.05, 3.63) is 59.7 Å². The van der Waals surface area contributed by atoms with Crippen molar-refractivity contribution in [3.8, 4) is 5.75 Å². The Labute approximate surface area is 188 Å². The van der Waals surface area contributed by atoms with Gasteiger partial charge in [-0.15, -0.1) is 0 Å². The van der Waals surface area contributed by atoms with Crippen LogP contribution in [0.5, 0.6) is 5.75 Å². The fourth-order valence-corrected chi connectivity index (χ4v) is 4.56. The third-order valence-corrected chi connectivity index (χ3v) is 6.45. The van der Waals surface area contributed by atoms with Crippen LogP contribution < -0.4 is 15.4 Å². The molecule has 0 aromatic heterocycles. The number of carbonyl (C=O) groups is 3. The van der Waals surface area contributed by atoms with Gasteiger partial charge >= 0.3 is 6.03 Å². The molecule has 7 nitrogen and oxygen atoms in total. The highest BCUT2D eigenvalue weighted by molar-refractivity contribution is 6.10. The minimum absolute atomic E-state index is 0.0517. The Balaban J connectivity index is 1.44. The number of benzene rings is 2. The Morgan fingerprint density at radius 3 is 2.72 bits per heavy atom. The molecule has 2 aromatic rings. The molecular weight excluding hydrogens is 406 g/mol. The largest absolute Gasteiger partial charge is 0.487 e. The smallest absolute Gasteiger partial charge is 0.325 e. The molecule has 1 heterocycles. The first-order valence-corrected chi connectivity index (χ1v) is 11.1. The molecule has 0 bridgehead atoms. The van der Waals surface area contributed by atoms with Crippen molar-refractivity contribution in [3.63, 3.8) is 0 Å². The van der Waals surface area contributed by atoms with Gasteiger partial charge in [0.2, 0.25) is 5.91 Å². The number of nitrogens with zero attached hydrogens (tertiary/aromatic N) is 1. The van der Waals surface area contributed by atoms with E-state index in [0.717, 1.165) is 35.3 Å². The number of aryl methyl sites for hydroxylation is 1. The van der Waals surface area contributed by atoms with Crippen molar-refractivity contribution in [2.45, 2.75) is 51.7 Å². The maximum atomic E-state index is 13.1. The lowest BCUT2D eigenvalue weighted by Gasteiger charge is -2.36. The van der Waals surface area contributed by atoms with Crippen LogP contribution in [-0.2, 0) is 16.2 Å². The molecule has 2 unspecified atom stereocenters. The van der Waals surface area contributed by atoms with E-state index >= 15 is 0 Å². The van der Waals surface area contributed by atoms with Crippen LogP contribution in [0.4, 0.5) is 10.5 Å². The highest BCUT2D eigenvalue weighted by Gasteiger charge is 2.55. The third-order valence-electron chi connectivity index (χ3n) is 6.45. The van der Waals surface area contributed by atoms with E-state index in [4.69, 9.17) is 4.74 Å². The topological polar surface area (TPSA) is 87.7 Å². The van der Waals surface area contributed by atoms with Gasteiger partial charge in [0.1, 0.15) is 24.4 Å². The minimum atomic E-state index is -0.872. The molecule has 32 heavy (non-hydrogen) atoms. The summed E-state index contributed by atoms with van der Waals surface area (Å²) in [5, 5.41) is 5.68. The van der Waals surface area contributed by atoms with Crippen molar-refractivity contribution in [2.24, 2.45) is 5.92 Å². The van der Waals surface area contributed by atoms with Crippen LogP contribution in [0.1, 0.15) is 43.7 Å². The monoisotopic (exact) mass is 435 g/mol. The molecule has 0 radical (unpaired) electrons. The van der Waals surface area contributed by atoms with E-state index in [9.17, 15) is 14.4 Å². The lowest BCUT2D eigenvalue weighted by molar-refractivity contribution is -0.136. The molecule has 2 N–H and O–H groups in total. The first kappa shape index (κ1) is 21.9. The van der Waals surface area contributed by atoms with Gasteiger partial charge in [0, 0.05) is 0 Å². The van der Waals surface area contributed by atoms with Gasteiger partial charge < -0.3 is 15.4 Å². The van der Waals surface area contributed by atoms with E-state index < -0.39 is 17.5 Å². The Kier molecular flexibility index (Phi) is 6.17. The number of hydrogen-bond acceptors (Lipinski definition) is 4. The first-order valence-electron chi connectivity index (χ1n) is 11.1. The van der Waals surface area contributed by atoms with Gasteiger partial charge in [-0.1, -0.05) is 56.2 Å². The highest BCUT2D eigenvalue weighted by atomic mass is 16.5. The first-order chi connectivity index (χ1) is 15.4. The van der Waals surface area contributed by atoms with Crippen LogP contribution in [0.25, 0.3) is 0 Å². The number of nitrogens with one attached hydrogen (secondary N) is 2. The van der Waals surface area contributed by atoms with Crippen LogP contribution in [0, 0.1) is 12.8 Å². The average Bonchev–Trinajstić information content (AvgIpc) is 3.01. The fraction of sp³-hybridized carbons (Fsp3) is 0.400. The molecule has 4 rings (SSSR count). The van der Waals surface area contributed by atoms with Gasteiger partial charge in [-0.25, -0.2) is 4.79 Å². The van der Waals surface area contributed by atoms with Crippen molar-refractivity contribution in [1.29, 1.82) is 0 Å². The van der Waals surface area contributed by atoms with Crippen LogP contribution in [0.3, 0.4) is 0 Å². The summed E-state index contributed by atoms with van der Waals surface area (Å²) in [6.07, 6.45) is 3.44. The molecule has 1 aliphatic heterocycles. The molecule has 4 amide bonds. The molecule has 7 heteroatoms. The molecule has 168 valence electrons. The Bertz CT molecular complexity index is 1020. The maximum absolute atomic E-state index is 13.1. The number of carbonyl (C=O) groups excluding carboxylic acids is 3. The zero-order valence-corrected chi connectivity index (χ0v) is 18.5. The van der Waals surface area contributed by atoms with Crippen LogP contribution in [-0.4, -0.2) is 34.8 Å². The number of imide groups is 1. The highest BCUT2D eigenvalue weighted by Crippen LogP contribution is 2.38. The molecule has 1 saturated carbocycles. The minimum Gasteiger partial charge on any atom is -0.487 e. The van der Waals surface area contributed by atoms with E-state index in [1.807, 2.05) is 56.3 Å². The van der Waals surface area contributed by atoms with E-state index in [2.05, 4.69) is 10.6 Å². The second-order valence-electron chi connectivity index (χ2n) is 8.76. The maximum Gasteiger partial charge on any atom is 0.325 e. The fourth-order valence-electron chi connectivity index (χ4n) is 4.56. The zero-order valence-electron chi connectivity index (χ0n) is 18.5. The van der Waals surface area contributed by atoms with Gasteiger partial charge in [-0.2, -0.15) is 0 Å². The van der Waals surface area contributed by atoms with Crippen molar-refractivity contribution in [2.75, 3.05) is 11.9 Å². The number of hydrogen-bond donors (Lipinski definition) is 2. The van der Waals surface area contributed by atoms with Crippen LogP contribution >= 0.6 is 0 Å². The van der Waals surface area contributed by atoms with Crippen LogP contribution in [0.15, 0.2) is 48.5 Å². The lowest BCUT2D eigenvalue weighted by atomic mass is 9.73. The number of rotatable bonds is 6. The molecular formula is C25H29N3O4. The van der Waals surface area contributed by atoms with Gasteiger partial charge in [0.05, 0.1) is 5.69 Å². The zero-order chi connectivity index (χ0) is 22.7. The van der Waals surface area contributed by atoms with Gasteiger partial charge in [0.25, 0.3) is 5.91 Å². The standard InChI is InChI=1S/C25H29N3O4/c1-17-11-12-20(21(14-17)32-16-19-9-4-3-5-10-19)26-22(29)15-28-23(30)25(27-24(28)31)13-7-6-8-18(25)2/h3-5,9-12,14,18H,6-8,13,15-16H2,1-2H3,(H,26,29)(H,27,31). The third kappa shape index (κ3) is 4.33. The molecule has 2 atom stereocenters. The lowest BCUT2D eigenvalue weighted by Crippen LogP contribution is -2.54. The molecule has 1 aliphatic carbocycles. The summed E-state index contributed by atoms with van der Waals surface area (Å²) in [7, 11) is 0. The molecule has 2 aliphatic rings. The predicted octanol–water partition coefficient (Wildman–Crippen LogP) is 4.01. The summed E-state index contributed by atoms with van der Waals surface area (Å²) in [6.45, 7) is 3.97. The molecule has 1 saturated heterocycles.